The first-order valence-electron chi connectivity index (χ1n) is 8.52. The molecule has 1 heterocycles. The van der Waals surface area contributed by atoms with Gasteiger partial charge in [-0.25, -0.2) is 9.67 Å². The monoisotopic (exact) mass is 279 g/mol. The molecule has 1 rings (SSSR count). The Morgan fingerprint density at radius 2 is 1.40 bits per heavy atom. The molecule has 0 saturated heterocycles. The number of hydrogen-bond acceptors (Lipinski definition) is 2. The van der Waals surface area contributed by atoms with Crippen molar-refractivity contribution >= 4 is 0 Å². The van der Waals surface area contributed by atoms with Crippen LogP contribution in [0.15, 0.2) is 12.7 Å². The van der Waals surface area contributed by atoms with Gasteiger partial charge in [0.25, 0.3) is 0 Å². The summed E-state index contributed by atoms with van der Waals surface area (Å²) in [6, 6.07) is 0. The highest BCUT2D eigenvalue weighted by atomic mass is 15.3. The SMILES string of the molecule is CCCCCCCCCCCCC(C)(C)n1cncn1. The van der Waals surface area contributed by atoms with Crippen molar-refractivity contribution in [2.45, 2.75) is 96.9 Å². The van der Waals surface area contributed by atoms with Gasteiger partial charge >= 0.3 is 0 Å². The van der Waals surface area contributed by atoms with Crippen LogP contribution in [0.3, 0.4) is 0 Å². The van der Waals surface area contributed by atoms with E-state index in [1.54, 1.807) is 6.33 Å². The molecule has 0 N–H and O–H groups in total. The molecule has 116 valence electrons. The highest BCUT2D eigenvalue weighted by Gasteiger charge is 2.19. The molecule has 3 nitrogen and oxygen atoms in total. The molecule has 0 aromatic carbocycles. The summed E-state index contributed by atoms with van der Waals surface area (Å²) in [5.41, 5.74) is 0.108. The van der Waals surface area contributed by atoms with E-state index in [-0.39, 0.29) is 5.54 Å². The van der Waals surface area contributed by atoms with Crippen LogP contribution in [0, 0.1) is 0 Å². The molecular weight excluding hydrogens is 246 g/mol. The quantitative estimate of drug-likeness (QED) is 0.484. The van der Waals surface area contributed by atoms with E-state index in [2.05, 4.69) is 30.9 Å². The molecule has 0 radical (unpaired) electrons. The van der Waals surface area contributed by atoms with Crippen molar-refractivity contribution in [1.82, 2.24) is 14.8 Å². The predicted octanol–water partition coefficient (Wildman–Crippen LogP) is 5.32. The molecule has 1 aromatic heterocycles. The lowest BCUT2D eigenvalue weighted by molar-refractivity contribution is 0.283. The van der Waals surface area contributed by atoms with E-state index in [4.69, 9.17) is 0 Å². The smallest absolute Gasteiger partial charge is 0.137 e. The van der Waals surface area contributed by atoms with Gasteiger partial charge in [0.2, 0.25) is 0 Å². The largest absolute Gasteiger partial charge is 0.247 e. The zero-order chi connectivity index (χ0) is 14.7. The molecule has 0 fully saturated rings. The minimum Gasteiger partial charge on any atom is -0.247 e. The van der Waals surface area contributed by atoms with E-state index in [0.29, 0.717) is 0 Å². The van der Waals surface area contributed by atoms with Gasteiger partial charge in [0.05, 0.1) is 5.54 Å². The molecule has 0 aliphatic heterocycles. The summed E-state index contributed by atoms with van der Waals surface area (Å²) in [6.07, 6.45) is 18.6. The Bertz CT molecular complexity index is 317. The van der Waals surface area contributed by atoms with Crippen LogP contribution >= 0.6 is 0 Å². The lowest BCUT2D eigenvalue weighted by Gasteiger charge is -2.24. The lowest BCUT2D eigenvalue weighted by Crippen LogP contribution is -2.26. The molecule has 0 amide bonds. The molecule has 0 bridgehead atoms. The fraction of sp³-hybridized carbons (Fsp3) is 0.882. The van der Waals surface area contributed by atoms with Gasteiger partial charge < -0.3 is 0 Å². The molecular formula is C17H33N3. The van der Waals surface area contributed by atoms with Crippen LogP contribution in [0.1, 0.15) is 91.4 Å². The highest BCUT2D eigenvalue weighted by molar-refractivity contribution is 4.76. The lowest BCUT2D eigenvalue weighted by atomic mass is 9.96. The fourth-order valence-electron chi connectivity index (χ4n) is 2.68. The molecule has 3 heteroatoms. The van der Waals surface area contributed by atoms with Crippen LogP contribution in [-0.4, -0.2) is 14.8 Å². The Hall–Kier alpha value is -0.860. The minimum absolute atomic E-state index is 0.108. The maximum absolute atomic E-state index is 4.26. The van der Waals surface area contributed by atoms with E-state index in [0.717, 1.165) is 0 Å². The number of unbranched alkanes of at least 4 members (excludes halogenated alkanes) is 9. The Labute approximate surface area is 125 Å². The van der Waals surface area contributed by atoms with Crippen LogP contribution in [0.4, 0.5) is 0 Å². The molecule has 0 aliphatic carbocycles. The Morgan fingerprint density at radius 1 is 0.850 bits per heavy atom. The second kappa shape index (κ2) is 9.95. The molecule has 1 aromatic rings. The van der Waals surface area contributed by atoms with Crippen molar-refractivity contribution < 1.29 is 0 Å². The average Bonchev–Trinajstić information content (AvgIpc) is 2.96. The Morgan fingerprint density at radius 3 is 1.90 bits per heavy atom. The summed E-state index contributed by atoms with van der Waals surface area (Å²) < 4.78 is 1.99. The van der Waals surface area contributed by atoms with Crippen LogP contribution in [0.5, 0.6) is 0 Å². The molecule has 0 spiro atoms. The Kier molecular flexibility index (Phi) is 8.56. The van der Waals surface area contributed by atoms with Crippen LogP contribution in [0.2, 0.25) is 0 Å². The van der Waals surface area contributed by atoms with Crippen LogP contribution in [0.25, 0.3) is 0 Å². The second-order valence-electron chi connectivity index (χ2n) is 6.58. The summed E-state index contributed by atoms with van der Waals surface area (Å²) in [6.45, 7) is 6.77. The Balaban J connectivity index is 1.94. The summed E-state index contributed by atoms with van der Waals surface area (Å²) >= 11 is 0. The molecule has 0 unspecified atom stereocenters. The number of hydrogen-bond donors (Lipinski definition) is 0. The molecule has 0 aliphatic rings. The summed E-state index contributed by atoms with van der Waals surface area (Å²) in [4.78, 5) is 4.04. The topological polar surface area (TPSA) is 30.7 Å². The van der Waals surface area contributed by atoms with Gasteiger partial charge in [-0.15, -0.1) is 0 Å². The maximum atomic E-state index is 4.26. The van der Waals surface area contributed by atoms with Gasteiger partial charge in [-0.2, -0.15) is 5.10 Å². The zero-order valence-electron chi connectivity index (χ0n) is 13.8. The van der Waals surface area contributed by atoms with Gasteiger partial charge in [0.15, 0.2) is 0 Å². The number of rotatable bonds is 12. The third kappa shape index (κ3) is 7.06. The zero-order valence-corrected chi connectivity index (χ0v) is 13.8. The standard InChI is InChI=1S/C17H33N3/c1-4-5-6-7-8-9-10-11-12-13-14-17(2,3)20-16-18-15-19-20/h15-16H,4-14H2,1-3H3. The van der Waals surface area contributed by atoms with Crippen LogP contribution in [-0.2, 0) is 5.54 Å². The average molecular weight is 279 g/mol. The second-order valence-corrected chi connectivity index (χ2v) is 6.58. The van der Waals surface area contributed by atoms with Gasteiger partial charge in [0.1, 0.15) is 12.7 Å². The van der Waals surface area contributed by atoms with Crippen molar-refractivity contribution in [2.75, 3.05) is 0 Å². The molecule has 20 heavy (non-hydrogen) atoms. The third-order valence-corrected chi connectivity index (χ3v) is 4.18. The highest BCUT2D eigenvalue weighted by Crippen LogP contribution is 2.22. The summed E-state index contributed by atoms with van der Waals surface area (Å²) in [5, 5.41) is 4.26. The third-order valence-electron chi connectivity index (χ3n) is 4.18. The maximum Gasteiger partial charge on any atom is 0.137 e. The fourth-order valence-corrected chi connectivity index (χ4v) is 2.68. The summed E-state index contributed by atoms with van der Waals surface area (Å²) in [7, 11) is 0. The van der Waals surface area contributed by atoms with E-state index in [9.17, 15) is 0 Å². The van der Waals surface area contributed by atoms with Gasteiger partial charge in [-0.3, -0.25) is 0 Å². The van der Waals surface area contributed by atoms with E-state index >= 15 is 0 Å². The first-order valence-corrected chi connectivity index (χ1v) is 8.52. The van der Waals surface area contributed by atoms with Gasteiger partial charge in [-0.05, 0) is 20.3 Å². The molecule has 0 saturated carbocycles. The minimum atomic E-state index is 0.108. The summed E-state index contributed by atoms with van der Waals surface area (Å²) in [5.74, 6) is 0. The first-order chi connectivity index (χ1) is 9.67. The van der Waals surface area contributed by atoms with E-state index in [1.807, 2.05) is 11.0 Å². The van der Waals surface area contributed by atoms with Gasteiger partial charge in [0, 0.05) is 0 Å². The van der Waals surface area contributed by atoms with Crippen molar-refractivity contribution in [3.8, 4) is 0 Å². The van der Waals surface area contributed by atoms with E-state index < -0.39 is 0 Å². The van der Waals surface area contributed by atoms with Crippen molar-refractivity contribution in [2.24, 2.45) is 0 Å². The first kappa shape index (κ1) is 17.2. The van der Waals surface area contributed by atoms with E-state index in [1.165, 1.54) is 70.6 Å². The van der Waals surface area contributed by atoms with Gasteiger partial charge in [-0.1, -0.05) is 71.1 Å². The predicted molar refractivity (Wildman–Crippen MR) is 85.8 cm³/mol. The van der Waals surface area contributed by atoms with Crippen molar-refractivity contribution in [1.29, 1.82) is 0 Å². The van der Waals surface area contributed by atoms with Crippen LogP contribution < -0.4 is 0 Å². The normalized spacial score (nSPS) is 11.9. The van der Waals surface area contributed by atoms with Crippen molar-refractivity contribution in [3.63, 3.8) is 0 Å². The number of nitrogens with zero attached hydrogens (tertiary/aromatic N) is 3. The molecule has 0 atom stereocenters. The number of aromatic nitrogens is 3. The van der Waals surface area contributed by atoms with Crippen molar-refractivity contribution in [3.05, 3.63) is 12.7 Å².